The number of ether oxygens (including phenoxy) is 1. The number of rotatable bonds is 5. The van der Waals surface area contributed by atoms with Crippen LogP contribution in [0.25, 0.3) is 0 Å². The average Bonchev–Trinajstić information content (AvgIpc) is 2.87. The van der Waals surface area contributed by atoms with Gasteiger partial charge in [-0.3, -0.25) is 4.99 Å². The second kappa shape index (κ2) is 7.67. The summed E-state index contributed by atoms with van der Waals surface area (Å²) < 4.78 is 5.76. The molecule has 5 heteroatoms. The summed E-state index contributed by atoms with van der Waals surface area (Å²) in [5, 5.41) is 6.74. The zero-order valence-electron chi connectivity index (χ0n) is 12.4. The van der Waals surface area contributed by atoms with Crippen molar-refractivity contribution in [2.45, 2.75) is 45.6 Å². The number of nitrogens with zero attached hydrogens (tertiary/aromatic N) is 1. The number of guanidine groups is 1. The Morgan fingerprint density at radius 2 is 2.16 bits per heavy atom. The zero-order valence-corrected chi connectivity index (χ0v) is 14.7. The lowest BCUT2D eigenvalue weighted by molar-refractivity contribution is 0.0283. The van der Waals surface area contributed by atoms with Gasteiger partial charge in [0.25, 0.3) is 0 Å². The molecular formula is C14H28IN3O. The van der Waals surface area contributed by atoms with E-state index in [4.69, 9.17) is 4.74 Å². The van der Waals surface area contributed by atoms with Crippen molar-refractivity contribution in [3.8, 4) is 0 Å². The molecule has 0 radical (unpaired) electrons. The van der Waals surface area contributed by atoms with E-state index in [2.05, 4.69) is 36.4 Å². The van der Waals surface area contributed by atoms with Crippen molar-refractivity contribution in [2.75, 3.05) is 26.2 Å². The Hall–Kier alpha value is -0.0400. The molecule has 4 nitrogen and oxygen atoms in total. The molecule has 1 saturated heterocycles. The van der Waals surface area contributed by atoms with Gasteiger partial charge in [0.2, 0.25) is 0 Å². The molecule has 3 unspecified atom stereocenters. The monoisotopic (exact) mass is 381 g/mol. The minimum Gasteiger partial charge on any atom is -0.373 e. The normalized spacial score (nSPS) is 33.7. The molecule has 2 fully saturated rings. The minimum atomic E-state index is -0.0464. The maximum Gasteiger partial charge on any atom is 0.191 e. The van der Waals surface area contributed by atoms with Crippen molar-refractivity contribution in [1.29, 1.82) is 0 Å². The lowest BCUT2D eigenvalue weighted by Crippen LogP contribution is -2.40. The predicted molar refractivity (Wildman–Crippen MR) is 90.3 cm³/mol. The van der Waals surface area contributed by atoms with E-state index in [9.17, 15) is 0 Å². The first-order valence-corrected chi connectivity index (χ1v) is 7.29. The molecule has 1 saturated carbocycles. The molecule has 2 N–H and O–H groups in total. The largest absolute Gasteiger partial charge is 0.373 e. The third-order valence-corrected chi connectivity index (χ3v) is 4.02. The first-order chi connectivity index (χ1) is 8.63. The predicted octanol–water partition coefficient (Wildman–Crippen LogP) is 2.38. The molecule has 2 rings (SSSR count). The summed E-state index contributed by atoms with van der Waals surface area (Å²) in [4.78, 5) is 4.66. The Bertz CT molecular complexity index is 303. The quantitative estimate of drug-likeness (QED) is 0.437. The third-order valence-electron chi connectivity index (χ3n) is 4.02. The van der Waals surface area contributed by atoms with Gasteiger partial charge in [-0.15, -0.1) is 24.0 Å². The van der Waals surface area contributed by atoms with Crippen molar-refractivity contribution in [2.24, 2.45) is 16.8 Å². The highest BCUT2D eigenvalue weighted by atomic mass is 127. The van der Waals surface area contributed by atoms with Crippen LogP contribution in [0.5, 0.6) is 0 Å². The summed E-state index contributed by atoms with van der Waals surface area (Å²) in [7, 11) is 0. The first-order valence-electron chi connectivity index (χ1n) is 7.29. The highest BCUT2D eigenvalue weighted by Gasteiger charge is 2.32. The zero-order chi connectivity index (χ0) is 13.0. The summed E-state index contributed by atoms with van der Waals surface area (Å²) >= 11 is 0. The molecule has 1 heterocycles. The van der Waals surface area contributed by atoms with Crippen LogP contribution < -0.4 is 10.6 Å². The van der Waals surface area contributed by atoms with Gasteiger partial charge in [0.1, 0.15) is 0 Å². The molecule has 19 heavy (non-hydrogen) atoms. The summed E-state index contributed by atoms with van der Waals surface area (Å²) in [5.74, 6) is 2.66. The SMILES string of the molecule is CCNC(=NCC1(C)CCCO1)NCC1CC1C.I. The van der Waals surface area contributed by atoms with Gasteiger partial charge in [-0.05, 0) is 44.9 Å². The van der Waals surface area contributed by atoms with Gasteiger partial charge >= 0.3 is 0 Å². The van der Waals surface area contributed by atoms with Crippen LogP contribution in [-0.2, 0) is 4.74 Å². The van der Waals surface area contributed by atoms with E-state index >= 15 is 0 Å². The fourth-order valence-corrected chi connectivity index (χ4v) is 2.46. The Kier molecular flexibility index (Phi) is 6.86. The summed E-state index contributed by atoms with van der Waals surface area (Å²) in [5.41, 5.74) is -0.0464. The Labute approximate surface area is 134 Å². The van der Waals surface area contributed by atoms with E-state index in [0.717, 1.165) is 56.9 Å². The Balaban J connectivity index is 0.00000180. The van der Waals surface area contributed by atoms with E-state index in [-0.39, 0.29) is 29.6 Å². The van der Waals surface area contributed by atoms with Crippen LogP contribution in [0.3, 0.4) is 0 Å². The van der Waals surface area contributed by atoms with Gasteiger partial charge in [-0.2, -0.15) is 0 Å². The number of nitrogens with one attached hydrogen (secondary N) is 2. The van der Waals surface area contributed by atoms with Crippen LogP contribution in [0.1, 0.15) is 40.0 Å². The molecule has 2 aliphatic rings. The number of hydrogen-bond acceptors (Lipinski definition) is 2. The first kappa shape index (κ1) is 17.0. The van der Waals surface area contributed by atoms with Crippen molar-refractivity contribution < 1.29 is 4.74 Å². The molecule has 0 aromatic carbocycles. The Morgan fingerprint density at radius 3 is 2.68 bits per heavy atom. The molecule has 0 amide bonds. The molecule has 0 bridgehead atoms. The third kappa shape index (κ3) is 5.45. The van der Waals surface area contributed by atoms with Crippen molar-refractivity contribution in [3.63, 3.8) is 0 Å². The standard InChI is InChI=1S/C14H27N3O.HI/c1-4-15-13(16-9-12-8-11(12)2)17-10-14(3)6-5-7-18-14;/h11-12H,4-10H2,1-3H3,(H2,15,16,17);1H. The molecule has 0 aromatic rings. The van der Waals surface area contributed by atoms with Crippen molar-refractivity contribution >= 4 is 29.9 Å². The van der Waals surface area contributed by atoms with Gasteiger partial charge in [-0.25, -0.2) is 0 Å². The molecule has 3 atom stereocenters. The molecule has 0 aromatic heterocycles. The lowest BCUT2D eigenvalue weighted by Gasteiger charge is -2.21. The van der Waals surface area contributed by atoms with Gasteiger partial charge in [0.05, 0.1) is 12.1 Å². The molecule has 0 spiro atoms. The molecule has 112 valence electrons. The minimum absolute atomic E-state index is 0. The van der Waals surface area contributed by atoms with Crippen molar-refractivity contribution in [3.05, 3.63) is 0 Å². The maximum atomic E-state index is 5.76. The number of hydrogen-bond donors (Lipinski definition) is 2. The highest BCUT2D eigenvalue weighted by molar-refractivity contribution is 14.0. The summed E-state index contributed by atoms with van der Waals surface area (Å²) in [6.45, 7) is 10.2. The van der Waals surface area contributed by atoms with Gasteiger partial charge in [0.15, 0.2) is 5.96 Å². The smallest absolute Gasteiger partial charge is 0.191 e. The van der Waals surface area contributed by atoms with Crippen LogP contribution in [-0.4, -0.2) is 37.8 Å². The summed E-state index contributed by atoms with van der Waals surface area (Å²) in [6.07, 6.45) is 3.64. The Morgan fingerprint density at radius 1 is 1.42 bits per heavy atom. The molecule has 1 aliphatic heterocycles. The van der Waals surface area contributed by atoms with Gasteiger partial charge in [-0.1, -0.05) is 6.92 Å². The fourth-order valence-electron chi connectivity index (χ4n) is 2.46. The van der Waals surface area contributed by atoms with E-state index in [1.54, 1.807) is 0 Å². The van der Waals surface area contributed by atoms with Crippen LogP contribution in [0.4, 0.5) is 0 Å². The maximum absolute atomic E-state index is 5.76. The van der Waals surface area contributed by atoms with Crippen molar-refractivity contribution in [1.82, 2.24) is 10.6 Å². The van der Waals surface area contributed by atoms with Gasteiger partial charge in [0, 0.05) is 19.7 Å². The average molecular weight is 381 g/mol. The summed E-state index contributed by atoms with van der Waals surface area (Å²) in [6, 6.07) is 0. The van der Waals surface area contributed by atoms with Crippen LogP contribution in [0.15, 0.2) is 4.99 Å². The van der Waals surface area contributed by atoms with Crippen LogP contribution in [0.2, 0.25) is 0 Å². The highest BCUT2D eigenvalue weighted by Crippen LogP contribution is 2.36. The molecule has 1 aliphatic carbocycles. The number of halogens is 1. The second-order valence-corrected chi connectivity index (χ2v) is 5.95. The topological polar surface area (TPSA) is 45.7 Å². The van der Waals surface area contributed by atoms with E-state index in [1.165, 1.54) is 6.42 Å². The van der Waals surface area contributed by atoms with Crippen LogP contribution in [0, 0.1) is 11.8 Å². The van der Waals surface area contributed by atoms with E-state index in [0.29, 0.717) is 0 Å². The fraction of sp³-hybridized carbons (Fsp3) is 0.929. The van der Waals surface area contributed by atoms with E-state index < -0.39 is 0 Å². The lowest BCUT2D eigenvalue weighted by atomic mass is 10.0. The number of aliphatic imine (C=N–C) groups is 1. The van der Waals surface area contributed by atoms with Crippen LogP contribution >= 0.6 is 24.0 Å². The molecular weight excluding hydrogens is 353 g/mol. The van der Waals surface area contributed by atoms with Gasteiger partial charge < -0.3 is 15.4 Å². The second-order valence-electron chi connectivity index (χ2n) is 5.95. The van der Waals surface area contributed by atoms with E-state index in [1.807, 2.05) is 0 Å².